The first-order chi connectivity index (χ1) is 11.6. The van der Waals surface area contributed by atoms with Crippen molar-refractivity contribution in [2.45, 2.75) is 44.2 Å². The Bertz CT molecular complexity index is 806. The summed E-state index contributed by atoms with van der Waals surface area (Å²) in [5.74, 6) is -0.109. The highest BCUT2D eigenvalue weighted by Crippen LogP contribution is 2.39. The van der Waals surface area contributed by atoms with E-state index in [1.165, 1.54) is 0 Å². The minimum absolute atomic E-state index is 0.145. The first-order valence-electron chi connectivity index (χ1n) is 8.39. The van der Waals surface area contributed by atoms with Crippen molar-refractivity contribution in [3.63, 3.8) is 0 Å². The molecular formula is C18H20N2O3S. The van der Waals surface area contributed by atoms with E-state index in [-0.39, 0.29) is 35.1 Å². The molecule has 1 saturated carbocycles. The second kappa shape index (κ2) is 6.18. The summed E-state index contributed by atoms with van der Waals surface area (Å²) in [5, 5.41) is 14.6. The molecule has 0 aliphatic heterocycles. The fourth-order valence-electron chi connectivity index (χ4n) is 3.69. The number of amides is 1. The van der Waals surface area contributed by atoms with Gasteiger partial charge in [0.25, 0.3) is 11.5 Å². The van der Waals surface area contributed by atoms with Gasteiger partial charge in [0.2, 0.25) is 0 Å². The van der Waals surface area contributed by atoms with Gasteiger partial charge in [0.1, 0.15) is 5.56 Å². The number of carbonyl (C=O) groups excluding carboxylic acids is 1. The quantitative estimate of drug-likeness (QED) is 0.795. The lowest BCUT2D eigenvalue weighted by Crippen LogP contribution is -2.42. The van der Waals surface area contributed by atoms with Crippen LogP contribution in [0.2, 0.25) is 0 Å². The molecule has 2 aliphatic carbocycles. The zero-order valence-corrected chi connectivity index (χ0v) is 14.1. The van der Waals surface area contributed by atoms with Crippen molar-refractivity contribution in [2.24, 2.45) is 5.92 Å². The van der Waals surface area contributed by atoms with Gasteiger partial charge < -0.3 is 15.4 Å². The van der Waals surface area contributed by atoms with Crippen LogP contribution in [0.4, 0.5) is 0 Å². The number of aliphatic hydroxyl groups excluding tert-OH is 1. The summed E-state index contributed by atoms with van der Waals surface area (Å²) in [6, 6.07) is 5.55. The molecule has 0 saturated heterocycles. The predicted octanol–water partition coefficient (Wildman–Crippen LogP) is 2.17. The van der Waals surface area contributed by atoms with Crippen LogP contribution in [0.3, 0.4) is 0 Å². The number of aromatic nitrogens is 1. The second-order valence-corrected chi connectivity index (χ2v) is 7.70. The van der Waals surface area contributed by atoms with Crippen molar-refractivity contribution in [3.05, 3.63) is 55.6 Å². The molecule has 24 heavy (non-hydrogen) atoms. The average Bonchev–Trinajstić information content (AvgIpc) is 3.19. The molecule has 1 amide bonds. The first-order valence-corrected chi connectivity index (χ1v) is 9.27. The number of pyridine rings is 1. The van der Waals surface area contributed by atoms with Crippen LogP contribution in [0, 0.1) is 5.92 Å². The number of fused-ring (bicyclic) bond motifs is 1. The number of hydrogen-bond donors (Lipinski definition) is 3. The van der Waals surface area contributed by atoms with Crippen LogP contribution in [0.15, 0.2) is 28.4 Å². The molecule has 6 heteroatoms. The van der Waals surface area contributed by atoms with Crippen LogP contribution in [-0.2, 0) is 12.8 Å². The highest BCUT2D eigenvalue weighted by Gasteiger charge is 2.36. The lowest BCUT2D eigenvalue weighted by Gasteiger charge is -2.37. The normalized spacial score (nSPS) is 23.4. The summed E-state index contributed by atoms with van der Waals surface area (Å²) in [5.41, 5.74) is 1.92. The Morgan fingerprint density at radius 1 is 1.38 bits per heavy atom. The molecule has 2 aromatic rings. The molecule has 2 heterocycles. The largest absolute Gasteiger partial charge is 0.393 e. The van der Waals surface area contributed by atoms with Crippen LogP contribution in [0.25, 0.3) is 0 Å². The molecule has 0 spiro atoms. The molecule has 5 nitrogen and oxygen atoms in total. The summed E-state index contributed by atoms with van der Waals surface area (Å²) in [4.78, 5) is 28.9. The zero-order chi connectivity index (χ0) is 16.7. The van der Waals surface area contributed by atoms with Gasteiger partial charge in [-0.1, -0.05) is 6.07 Å². The number of rotatable bonds is 4. The molecular weight excluding hydrogens is 324 g/mol. The van der Waals surface area contributed by atoms with Gasteiger partial charge in [0.15, 0.2) is 0 Å². The van der Waals surface area contributed by atoms with Crippen molar-refractivity contribution in [3.8, 4) is 0 Å². The Morgan fingerprint density at radius 2 is 2.21 bits per heavy atom. The highest BCUT2D eigenvalue weighted by molar-refractivity contribution is 7.10. The summed E-state index contributed by atoms with van der Waals surface area (Å²) in [6.45, 7) is 0. The summed E-state index contributed by atoms with van der Waals surface area (Å²) >= 11 is 1.59. The van der Waals surface area contributed by atoms with Crippen LogP contribution >= 0.6 is 11.3 Å². The zero-order valence-electron chi connectivity index (χ0n) is 13.2. The Balaban J connectivity index is 1.58. The molecule has 2 aromatic heterocycles. The van der Waals surface area contributed by atoms with E-state index in [0.29, 0.717) is 12.8 Å². The molecule has 1 unspecified atom stereocenters. The number of aliphatic hydroxyl groups is 1. The second-order valence-electron chi connectivity index (χ2n) is 6.72. The van der Waals surface area contributed by atoms with Gasteiger partial charge in [-0.05, 0) is 61.1 Å². The number of nitrogens with one attached hydrogen (secondary N) is 2. The van der Waals surface area contributed by atoms with E-state index in [0.717, 1.165) is 35.4 Å². The number of aromatic amines is 1. The molecule has 4 rings (SSSR count). The van der Waals surface area contributed by atoms with E-state index in [4.69, 9.17) is 0 Å². The lowest BCUT2D eigenvalue weighted by atomic mass is 9.76. The predicted molar refractivity (Wildman–Crippen MR) is 92.3 cm³/mol. The summed E-state index contributed by atoms with van der Waals surface area (Å²) in [6.07, 6.45) is 3.90. The van der Waals surface area contributed by atoms with Gasteiger partial charge >= 0.3 is 0 Å². The van der Waals surface area contributed by atoms with Crippen molar-refractivity contribution in [1.82, 2.24) is 10.3 Å². The number of hydrogen-bond acceptors (Lipinski definition) is 4. The minimum atomic E-state index is -0.328. The van der Waals surface area contributed by atoms with Gasteiger partial charge in [-0.25, -0.2) is 0 Å². The fraction of sp³-hybridized carbons (Fsp3) is 0.444. The minimum Gasteiger partial charge on any atom is -0.393 e. The average molecular weight is 344 g/mol. The Hall–Kier alpha value is -1.92. The number of aryl methyl sites for hydroxylation is 2. The van der Waals surface area contributed by atoms with Crippen molar-refractivity contribution >= 4 is 17.2 Å². The van der Waals surface area contributed by atoms with E-state index >= 15 is 0 Å². The highest BCUT2D eigenvalue weighted by atomic mass is 32.1. The van der Waals surface area contributed by atoms with Gasteiger partial charge in [-0.2, -0.15) is 0 Å². The van der Waals surface area contributed by atoms with Gasteiger partial charge in [-0.15, -0.1) is 11.3 Å². The molecule has 1 atom stereocenters. The van der Waals surface area contributed by atoms with E-state index in [2.05, 4.69) is 10.3 Å². The Labute approximate surface area is 143 Å². The van der Waals surface area contributed by atoms with Gasteiger partial charge in [0, 0.05) is 10.6 Å². The van der Waals surface area contributed by atoms with Crippen LogP contribution in [-0.4, -0.2) is 22.1 Å². The third kappa shape index (κ3) is 2.80. The van der Waals surface area contributed by atoms with E-state index < -0.39 is 0 Å². The molecule has 0 radical (unpaired) electrons. The molecule has 0 aromatic carbocycles. The van der Waals surface area contributed by atoms with Crippen molar-refractivity contribution in [1.29, 1.82) is 0 Å². The van der Waals surface area contributed by atoms with Crippen molar-refractivity contribution in [2.75, 3.05) is 0 Å². The van der Waals surface area contributed by atoms with Crippen LogP contribution < -0.4 is 10.9 Å². The Morgan fingerprint density at radius 3 is 2.92 bits per heavy atom. The summed E-state index contributed by atoms with van der Waals surface area (Å²) in [7, 11) is 0. The topological polar surface area (TPSA) is 82.2 Å². The maximum absolute atomic E-state index is 12.7. The third-order valence-electron chi connectivity index (χ3n) is 5.09. The Kier molecular flexibility index (Phi) is 4.02. The van der Waals surface area contributed by atoms with E-state index in [1.807, 2.05) is 17.5 Å². The van der Waals surface area contributed by atoms with E-state index in [1.54, 1.807) is 17.4 Å². The van der Waals surface area contributed by atoms with Crippen LogP contribution in [0.1, 0.15) is 51.8 Å². The SMILES string of the molecule is O=C(NC(c1cccs1)C1CC(O)C1)c1cc2c([nH]c1=O)CCC2. The van der Waals surface area contributed by atoms with Gasteiger partial charge in [-0.3, -0.25) is 9.59 Å². The lowest BCUT2D eigenvalue weighted by molar-refractivity contribution is 0.0241. The maximum atomic E-state index is 12.7. The standard InChI is InChI=1S/C18H20N2O3S/c21-12-7-11(8-12)16(15-5-2-6-24-15)20-18(23)13-9-10-3-1-4-14(10)19-17(13)22/h2,5-6,9,11-12,16,21H,1,3-4,7-8H2,(H,19,22)(H,20,23). The fourth-order valence-corrected chi connectivity index (χ4v) is 4.56. The molecule has 3 N–H and O–H groups in total. The first kappa shape index (κ1) is 15.6. The third-order valence-corrected chi connectivity index (χ3v) is 6.05. The van der Waals surface area contributed by atoms with Crippen LogP contribution in [0.5, 0.6) is 0 Å². The maximum Gasteiger partial charge on any atom is 0.261 e. The molecule has 2 aliphatic rings. The molecule has 126 valence electrons. The monoisotopic (exact) mass is 344 g/mol. The molecule has 0 bridgehead atoms. The number of H-pyrrole nitrogens is 1. The number of thiophene rings is 1. The van der Waals surface area contributed by atoms with Crippen molar-refractivity contribution < 1.29 is 9.90 Å². The summed E-state index contributed by atoms with van der Waals surface area (Å²) < 4.78 is 0. The number of carbonyl (C=O) groups is 1. The molecule has 1 fully saturated rings. The van der Waals surface area contributed by atoms with E-state index in [9.17, 15) is 14.7 Å². The smallest absolute Gasteiger partial charge is 0.261 e. The van der Waals surface area contributed by atoms with Gasteiger partial charge in [0.05, 0.1) is 12.1 Å².